The zero-order valence-corrected chi connectivity index (χ0v) is 10.8. The monoisotopic (exact) mass is 279 g/mol. The number of nitrogens with two attached hydrogens (primary N) is 1. The molecular formula is C13H11ClFN3O. The fraction of sp³-hybridized carbons (Fsp3) is 0.0769. The molecule has 0 saturated heterocycles. The third kappa shape index (κ3) is 2.82. The molecule has 0 saturated carbocycles. The Morgan fingerprint density at radius 2 is 2.21 bits per heavy atom. The predicted octanol–water partition coefficient (Wildman–Crippen LogP) is 3.02. The lowest BCUT2D eigenvalue weighted by molar-refractivity contribution is 0.102. The van der Waals surface area contributed by atoms with E-state index in [9.17, 15) is 9.18 Å². The van der Waals surface area contributed by atoms with Gasteiger partial charge in [0.25, 0.3) is 5.91 Å². The van der Waals surface area contributed by atoms with Crippen molar-refractivity contribution in [2.75, 3.05) is 11.1 Å². The number of pyridine rings is 1. The van der Waals surface area contributed by atoms with Gasteiger partial charge in [-0.25, -0.2) is 9.37 Å². The third-order valence-electron chi connectivity index (χ3n) is 2.59. The summed E-state index contributed by atoms with van der Waals surface area (Å²) >= 11 is 6.00. The number of rotatable bonds is 2. The third-order valence-corrected chi connectivity index (χ3v) is 2.91. The first kappa shape index (κ1) is 13.3. The molecule has 0 radical (unpaired) electrons. The van der Waals surface area contributed by atoms with Gasteiger partial charge in [0.15, 0.2) is 0 Å². The molecule has 98 valence electrons. The molecule has 0 spiro atoms. The Hall–Kier alpha value is -2.14. The van der Waals surface area contributed by atoms with E-state index in [1.165, 1.54) is 0 Å². The Morgan fingerprint density at radius 3 is 2.89 bits per heavy atom. The lowest BCUT2D eigenvalue weighted by Gasteiger charge is -2.11. The van der Waals surface area contributed by atoms with Gasteiger partial charge in [0.2, 0.25) is 0 Å². The minimum atomic E-state index is -0.629. The van der Waals surface area contributed by atoms with Gasteiger partial charge in [0, 0.05) is 0 Å². The van der Waals surface area contributed by atoms with Gasteiger partial charge < -0.3 is 11.1 Å². The Bertz CT molecular complexity index is 626. The molecular weight excluding hydrogens is 269 g/mol. The maximum atomic E-state index is 13.1. The maximum absolute atomic E-state index is 13.1. The zero-order valence-electron chi connectivity index (χ0n) is 10.1. The summed E-state index contributed by atoms with van der Waals surface area (Å²) in [4.78, 5) is 15.6. The number of anilines is 2. The summed E-state index contributed by atoms with van der Waals surface area (Å²) in [5.74, 6) is -1.22. The van der Waals surface area contributed by atoms with Crippen LogP contribution in [0.1, 0.15) is 15.9 Å². The zero-order chi connectivity index (χ0) is 14.0. The summed E-state index contributed by atoms with van der Waals surface area (Å²) in [6, 6.07) is 6.25. The summed E-state index contributed by atoms with van der Waals surface area (Å²) in [7, 11) is 0. The highest BCUT2D eigenvalue weighted by Crippen LogP contribution is 2.26. The van der Waals surface area contributed by atoms with Gasteiger partial charge in [0.05, 0.1) is 22.5 Å². The van der Waals surface area contributed by atoms with E-state index in [1.54, 1.807) is 25.1 Å². The van der Waals surface area contributed by atoms with Crippen LogP contribution in [-0.4, -0.2) is 10.9 Å². The normalized spacial score (nSPS) is 10.3. The topological polar surface area (TPSA) is 68.0 Å². The molecule has 3 N–H and O–H groups in total. The van der Waals surface area contributed by atoms with E-state index in [2.05, 4.69) is 10.3 Å². The maximum Gasteiger partial charge on any atom is 0.259 e. The first-order valence-corrected chi connectivity index (χ1v) is 5.84. The Labute approximate surface area is 114 Å². The van der Waals surface area contributed by atoms with Crippen molar-refractivity contribution in [1.29, 1.82) is 0 Å². The Balaban J connectivity index is 2.34. The molecule has 0 fully saturated rings. The number of hydrogen-bond donors (Lipinski definition) is 2. The summed E-state index contributed by atoms with van der Waals surface area (Å²) < 4.78 is 13.1. The number of para-hydroxylation sites is 1. The van der Waals surface area contributed by atoms with Crippen molar-refractivity contribution in [3.05, 3.63) is 52.4 Å². The van der Waals surface area contributed by atoms with Crippen LogP contribution in [0.2, 0.25) is 5.02 Å². The van der Waals surface area contributed by atoms with Crippen LogP contribution < -0.4 is 11.1 Å². The average molecular weight is 280 g/mol. The van der Waals surface area contributed by atoms with Crippen LogP contribution in [0.3, 0.4) is 0 Å². The van der Waals surface area contributed by atoms with Crippen LogP contribution in [0, 0.1) is 12.7 Å². The van der Waals surface area contributed by atoms with Crippen LogP contribution in [0.4, 0.5) is 15.9 Å². The molecule has 2 rings (SSSR count). The van der Waals surface area contributed by atoms with Crippen LogP contribution in [0.5, 0.6) is 0 Å². The molecule has 0 aliphatic carbocycles. The first-order valence-electron chi connectivity index (χ1n) is 5.46. The van der Waals surface area contributed by atoms with Crippen molar-refractivity contribution in [3.63, 3.8) is 0 Å². The molecule has 0 aliphatic rings. The van der Waals surface area contributed by atoms with Crippen molar-refractivity contribution in [2.24, 2.45) is 0 Å². The minimum absolute atomic E-state index is 0.0284. The largest absolute Gasteiger partial charge is 0.383 e. The molecule has 2 aromatic rings. The van der Waals surface area contributed by atoms with Gasteiger partial charge in [-0.2, -0.15) is 0 Å². The van der Waals surface area contributed by atoms with E-state index in [0.29, 0.717) is 10.7 Å². The number of amides is 1. The number of nitrogens with one attached hydrogen (secondary N) is 1. The molecule has 0 unspecified atom stereocenters. The molecule has 4 nitrogen and oxygen atoms in total. The number of carbonyl (C=O) groups excluding carboxylic acids is 1. The van der Waals surface area contributed by atoms with Gasteiger partial charge in [-0.05, 0) is 24.6 Å². The number of nitrogens with zero attached hydrogens (tertiary/aromatic N) is 1. The highest BCUT2D eigenvalue weighted by atomic mass is 35.5. The summed E-state index contributed by atoms with van der Waals surface area (Å²) in [5.41, 5.74) is 6.79. The standard InChI is InChI=1S/C13H11ClFN3O/c1-7-3-2-4-10(14)11(7)18-13(19)9-5-8(15)6-17-12(9)16/h2-6H,1H3,(H2,16,17)(H,18,19). The van der Waals surface area contributed by atoms with Gasteiger partial charge in [-0.1, -0.05) is 23.7 Å². The van der Waals surface area contributed by atoms with Crippen LogP contribution in [0.25, 0.3) is 0 Å². The molecule has 1 heterocycles. The molecule has 6 heteroatoms. The van der Waals surface area contributed by atoms with E-state index in [4.69, 9.17) is 17.3 Å². The SMILES string of the molecule is Cc1cccc(Cl)c1NC(=O)c1cc(F)cnc1N. The van der Waals surface area contributed by atoms with Crippen LogP contribution >= 0.6 is 11.6 Å². The van der Waals surface area contributed by atoms with Crippen molar-refractivity contribution in [3.8, 4) is 0 Å². The van der Waals surface area contributed by atoms with Gasteiger partial charge in [-0.15, -0.1) is 0 Å². The number of hydrogen-bond acceptors (Lipinski definition) is 3. The number of nitrogen functional groups attached to an aromatic ring is 1. The van der Waals surface area contributed by atoms with E-state index in [1.807, 2.05) is 0 Å². The lowest BCUT2D eigenvalue weighted by Crippen LogP contribution is -2.16. The predicted molar refractivity (Wildman–Crippen MR) is 72.7 cm³/mol. The molecule has 19 heavy (non-hydrogen) atoms. The summed E-state index contributed by atoms with van der Waals surface area (Å²) in [6.45, 7) is 1.80. The van der Waals surface area contributed by atoms with E-state index < -0.39 is 11.7 Å². The fourth-order valence-corrected chi connectivity index (χ4v) is 1.87. The Kier molecular flexibility index (Phi) is 3.66. The molecule has 1 aromatic carbocycles. The summed E-state index contributed by atoms with van der Waals surface area (Å²) in [6.07, 6.45) is 0.951. The van der Waals surface area contributed by atoms with Crippen molar-refractivity contribution < 1.29 is 9.18 Å². The number of aryl methyl sites for hydroxylation is 1. The van der Waals surface area contributed by atoms with Crippen LogP contribution in [-0.2, 0) is 0 Å². The molecule has 1 amide bonds. The number of halogens is 2. The van der Waals surface area contributed by atoms with E-state index >= 15 is 0 Å². The minimum Gasteiger partial charge on any atom is -0.383 e. The van der Waals surface area contributed by atoms with E-state index in [0.717, 1.165) is 17.8 Å². The molecule has 0 atom stereocenters. The molecule has 0 aliphatic heterocycles. The second-order valence-electron chi connectivity index (χ2n) is 3.97. The number of benzene rings is 1. The smallest absolute Gasteiger partial charge is 0.259 e. The van der Waals surface area contributed by atoms with Crippen molar-refractivity contribution in [2.45, 2.75) is 6.92 Å². The van der Waals surface area contributed by atoms with Crippen molar-refractivity contribution >= 4 is 29.0 Å². The number of carbonyl (C=O) groups is 1. The van der Waals surface area contributed by atoms with E-state index in [-0.39, 0.29) is 11.4 Å². The summed E-state index contributed by atoms with van der Waals surface area (Å²) in [5, 5.41) is 3.00. The second kappa shape index (κ2) is 5.24. The lowest BCUT2D eigenvalue weighted by atomic mass is 10.2. The highest BCUT2D eigenvalue weighted by molar-refractivity contribution is 6.34. The second-order valence-corrected chi connectivity index (χ2v) is 4.38. The first-order chi connectivity index (χ1) is 8.99. The van der Waals surface area contributed by atoms with Crippen LogP contribution in [0.15, 0.2) is 30.5 Å². The fourth-order valence-electron chi connectivity index (χ4n) is 1.60. The van der Waals surface area contributed by atoms with Gasteiger partial charge in [0.1, 0.15) is 11.6 Å². The van der Waals surface area contributed by atoms with Gasteiger partial charge in [-0.3, -0.25) is 4.79 Å². The highest BCUT2D eigenvalue weighted by Gasteiger charge is 2.14. The molecule has 1 aromatic heterocycles. The quantitative estimate of drug-likeness (QED) is 0.888. The van der Waals surface area contributed by atoms with Crippen molar-refractivity contribution in [1.82, 2.24) is 4.98 Å². The van der Waals surface area contributed by atoms with Gasteiger partial charge >= 0.3 is 0 Å². The average Bonchev–Trinajstić information content (AvgIpc) is 2.37. The molecule has 0 bridgehead atoms. The number of aromatic nitrogens is 1. The Morgan fingerprint density at radius 1 is 1.47 bits per heavy atom.